The van der Waals surface area contributed by atoms with Gasteiger partial charge in [0.25, 0.3) is 0 Å². The van der Waals surface area contributed by atoms with Crippen LogP contribution in [0.4, 0.5) is 4.79 Å². The number of carbonyl (C=O) groups excluding carboxylic acids is 1. The van der Waals surface area contributed by atoms with E-state index < -0.39 is 5.60 Å². The van der Waals surface area contributed by atoms with E-state index >= 15 is 0 Å². The van der Waals surface area contributed by atoms with Crippen molar-refractivity contribution in [2.75, 3.05) is 32.7 Å². The summed E-state index contributed by atoms with van der Waals surface area (Å²) >= 11 is 3.48. The number of ether oxygens (including phenoxy) is 1. The van der Waals surface area contributed by atoms with Gasteiger partial charge in [-0.1, -0.05) is 28.1 Å². The van der Waals surface area contributed by atoms with E-state index in [0.29, 0.717) is 5.41 Å². The third kappa shape index (κ3) is 4.98. The molecule has 0 aliphatic carbocycles. The minimum absolute atomic E-state index is 0.159. The molecule has 0 radical (unpaired) electrons. The number of amides is 1. The summed E-state index contributed by atoms with van der Waals surface area (Å²) in [5, 5.41) is 0. The third-order valence-corrected chi connectivity index (χ3v) is 5.75. The van der Waals surface area contributed by atoms with E-state index in [0.717, 1.165) is 43.4 Å². The molecule has 0 N–H and O–H groups in total. The van der Waals surface area contributed by atoms with E-state index in [4.69, 9.17) is 4.74 Å². The first-order valence-electron chi connectivity index (χ1n) is 9.20. The lowest BCUT2D eigenvalue weighted by molar-refractivity contribution is -0.0505. The topological polar surface area (TPSA) is 32.8 Å². The molecule has 4 nitrogen and oxygen atoms in total. The Bertz CT molecular complexity index is 593. The normalized spacial score (nSPS) is 20.4. The summed E-state index contributed by atoms with van der Waals surface area (Å²) in [5.74, 6) is 0. The van der Waals surface area contributed by atoms with Crippen LogP contribution in [0.15, 0.2) is 28.7 Å². The predicted molar refractivity (Wildman–Crippen MR) is 104 cm³/mol. The zero-order chi connectivity index (χ0) is 18.1. The van der Waals surface area contributed by atoms with E-state index in [1.807, 2.05) is 25.7 Å². The molecule has 1 amide bonds. The van der Waals surface area contributed by atoms with Gasteiger partial charge in [0.2, 0.25) is 0 Å². The van der Waals surface area contributed by atoms with Gasteiger partial charge in [0, 0.05) is 37.2 Å². The summed E-state index contributed by atoms with van der Waals surface area (Å²) < 4.78 is 6.62. The monoisotopic (exact) mass is 408 g/mol. The predicted octanol–water partition coefficient (Wildman–Crippen LogP) is 4.32. The van der Waals surface area contributed by atoms with Crippen molar-refractivity contribution >= 4 is 22.0 Å². The van der Waals surface area contributed by atoms with E-state index in [2.05, 4.69) is 45.1 Å². The summed E-state index contributed by atoms with van der Waals surface area (Å²) in [6, 6.07) is 8.61. The van der Waals surface area contributed by atoms with E-state index in [-0.39, 0.29) is 6.09 Å². The number of rotatable bonds is 3. The second-order valence-corrected chi connectivity index (χ2v) is 9.47. The molecule has 0 unspecified atom stereocenters. The standard InChI is InChI=1S/C20H29BrN2O2/c1-19(2,3)25-18(24)23-12-9-20(10-13-23)14-22(15-20)11-8-16-4-6-17(21)7-5-16/h4-7H,8-15H2,1-3H3. The Labute approximate surface area is 159 Å². The lowest BCUT2D eigenvalue weighted by Gasteiger charge is -2.54. The quantitative estimate of drug-likeness (QED) is 0.745. The molecule has 0 aromatic heterocycles. The number of carbonyl (C=O) groups is 1. The maximum Gasteiger partial charge on any atom is 0.410 e. The highest BCUT2D eigenvalue weighted by Crippen LogP contribution is 2.40. The van der Waals surface area contributed by atoms with Crippen LogP contribution in [-0.4, -0.2) is 54.2 Å². The van der Waals surface area contributed by atoms with Gasteiger partial charge in [0.05, 0.1) is 0 Å². The van der Waals surface area contributed by atoms with E-state index in [1.165, 1.54) is 18.7 Å². The number of likely N-dealkylation sites (tertiary alicyclic amines) is 2. The maximum atomic E-state index is 12.2. The number of piperidine rings is 1. The molecule has 25 heavy (non-hydrogen) atoms. The fraction of sp³-hybridized carbons (Fsp3) is 0.650. The van der Waals surface area contributed by atoms with Crippen LogP contribution in [-0.2, 0) is 11.2 Å². The first-order valence-corrected chi connectivity index (χ1v) is 9.99. The number of benzene rings is 1. The van der Waals surface area contributed by atoms with Gasteiger partial charge in [-0.3, -0.25) is 0 Å². The summed E-state index contributed by atoms with van der Waals surface area (Å²) in [7, 11) is 0. The van der Waals surface area contributed by atoms with Gasteiger partial charge >= 0.3 is 6.09 Å². The molecular weight excluding hydrogens is 380 g/mol. The third-order valence-electron chi connectivity index (χ3n) is 5.22. The first-order chi connectivity index (χ1) is 11.7. The Morgan fingerprint density at radius 3 is 2.32 bits per heavy atom. The Balaban J connectivity index is 1.39. The summed E-state index contributed by atoms with van der Waals surface area (Å²) in [4.78, 5) is 16.6. The molecule has 2 saturated heterocycles. The summed E-state index contributed by atoms with van der Waals surface area (Å²) in [5.41, 5.74) is 1.41. The van der Waals surface area contributed by atoms with Crippen molar-refractivity contribution in [2.24, 2.45) is 5.41 Å². The Kier molecular flexibility index (Phi) is 5.45. The van der Waals surface area contributed by atoms with Gasteiger partial charge in [-0.15, -0.1) is 0 Å². The molecule has 2 fully saturated rings. The smallest absolute Gasteiger partial charge is 0.410 e. The van der Waals surface area contributed by atoms with Crippen LogP contribution < -0.4 is 0 Å². The highest BCUT2D eigenvalue weighted by Gasteiger charge is 2.45. The molecule has 1 aromatic rings. The molecular formula is C20H29BrN2O2. The van der Waals surface area contributed by atoms with Crippen LogP contribution >= 0.6 is 15.9 Å². The van der Waals surface area contributed by atoms with Crippen molar-refractivity contribution in [3.63, 3.8) is 0 Å². The Morgan fingerprint density at radius 2 is 1.76 bits per heavy atom. The van der Waals surface area contributed by atoms with Crippen LogP contribution in [0, 0.1) is 5.41 Å². The molecule has 3 rings (SSSR count). The fourth-order valence-corrected chi connectivity index (χ4v) is 4.07. The van der Waals surface area contributed by atoms with Crippen molar-refractivity contribution in [2.45, 2.75) is 45.6 Å². The van der Waals surface area contributed by atoms with Gasteiger partial charge < -0.3 is 14.5 Å². The molecule has 0 saturated carbocycles. The van der Waals surface area contributed by atoms with Crippen LogP contribution in [0.1, 0.15) is 39.2 Å². The molecule has 1 spiro atoms. The minimum Gasteiger partial charge on any atom is -0.444 e. The number of nitrogens with zero attached hydrogens (tertiary/aromatic N) is 2. The molecule has 1 aromatic carbocycles. The van der Waals surface area contributed by atoms with Crippen LogP contribution in [0.2, 0.25) is 0 Å². The second-order valence-electron chi connectivity index (χ2n) is 8.55. The highest BCUT2D eigenvalue weighted by molar-refractivity contribution is 9.10. The summed E-state index contributed by atoms with van der Waals surface area (Å²) in [6.07, 6.45) is 3.14. The Morgan fingerprint density at radius 1 is 1.16 bits per heavy atom. The Hall–Kier alpha value is -1.07. The first kappa shape index (κ1) is 18.7. The number of hydrogen-bond acceptors (Lipinski definition) is 3. The van der Waals surface area contributed by atoms with E-state index in [9.17, 15) is 4.79 Å². The number of hydrogen-bond donors (Lipinski definition) is 0. The second kappa shape index (κ2) is 7.28. The molecule has 2 aliphatic rings. The van der Waals surface area contributed by atoms with Gasteiger partial charge in [-0.2, -0.15) is 0 Å². The zero-order valence-electron chi connectivity index (χ0n) is 15.6. The molecule has 0 atom stereocenters. The maximum absolute atomic E-state index is 12.2. The SMILES string of the molecule is CC(C)(C)OC(=O)N1CCC2(CC1)CN(CCc1ccc(Br)cc1)C2. The van der Waals surface area contributed by atoms with E-state index in [1.54, 1.807) is 0 Å². The molecule has 0 bridgehead atoms. The highest BCUT2D eigenvalue weighted by atomic mass is 79.9. The lowest BCUT2D eigenvalue weighted by atomic mass is 9.72. The van der Waals surface area contributed by atoms with Crippen molar-refractivity contribution in [1.29, 1.82) is 0 Å². The average Bonchev–Trinajstić information content (AvgIpc) is 2.51. The van der Waals surface area contributed by atoms with Crippen molar-refractivity contribution in [1.82, 2.24) is 9.80 Å². The lowest BCUT2D eigenvalue weighted by Crippen LogP contribution is -2.61. The molecule has 2 aliphatic heterocycles. The largest absolute Gasteiger partial charge is 0.444 e. The van der Waals surface area contributed by atoms with Gasteiger partial charge in [-0.25, -0.2) is 4.79 Å². The van der Waals surface area contributed by atoms with Crippen molar-refractivity contribution < 1.29 is 9.53 Å². The van der Waals surface area contributed by atoms with Crippen LogP contribution in [0.25, 0.3) is 0 Å². The summed E-state index contributed by atoms with van der Waals surface area (Å²) in [6.45, 7) is 10.9. The average molecular weight is 409 g/mol. The zero-order valence-corrected chi connectivity index (χ0v) is 17.1. The van der Waals surface area contributed by atoms with Gasteiger partial charge in [0.15, 0.2) is 0 Å². The molecule has 5 heteroatoms. The van der Waals surface area contributed by atoms with Crippen LogP contribution in [0.5, 0.6) is 0 Å². The van der Waals surface area contributed by atoms with Gasteiger partial charge in [-0.05, 0) is 63.1 Å². The van der Waals surface area contributed by atoms with Crippen LogP contribution in [0.3, 0.4) is 0 Å². The fourth-order valence-electron chi connectivity index (χ4n) is 3.81. The molecule has 138 valence electrons. The van der Waals surface area contributed by atoms with Crippen molar-refractivity contribution in [3.8, 4) is 0 Å². The van der Waals surface area contributed by atoms with Gasteiger partial charge in [0.1, 0.15) is 5.60 Å². The van der Waals surface area contributed by atoms with Crippen molar-refractivity contribution in [3.05, 3.63) is 34.3 Å². The molecule has 2 heterocycles. The minimum atomic E-state index is -0.410. The number of halogens is 1.